The van der Waals surface area contributed by atoms with Gasteiger partial charge in [-0.15, -0.1) is 0 Å². The normalized spacial score (nSPS) is 15.9. The van der Waals surface area contributed by atoms with Crippen molar-refractivity contribution in [1.82, 2.24) is 10.2 Å². The largest absolute Gasteiger partial charge is 0.466 e. The Hall–Kier alpha value is -2.08. The second-order valence-corrected chi connectivity index (χ2v) is 7.09. The summed E-state index contributed by atoms with van der Waals surface area (Å²) in [7, 11) is 1.80. The van der Waals surface area contributed by atoms with Gasteiger partial charge in [0.1, 0.15) is 0 Å². The molecule has 0 bridgehead atoms. The van der Waals surface area contributed by atoms with Gasteiger partial charge in [-0.2, -0.15) is 0 Å². The van der Waals surface area contributed by atoms with Crippen molar-refractivity contribution in [1.29, 1.82) is 0 Å². The Morgan fingerprint density at radius 1 is 1.30 bits per heavy atom. The van der Waals surface area contributed by atoms with E-state index in [0.29, 0.717) is 19.8 Å². The van der Waals surface area contributed by atoms with Crippen LogP contribution >= 0.6 is 0 Å². The lowest BCUT2D eigenvalue weighted by Crippen LogP contribution is -2.46. The Morgan fingerprint density at radius 3 is 2.63 bits per heavy atom. The first-order chi connectivity index (χ1) is 13.0. The lowest BCUT2D eigenvalue weighted by molar-refractivity contribution is -0.149. The predicted octanol–water partition coefficient (Wildman–Crippen LogP) is 2.96. The molecule has 1 aliphatic heterocycles. The van der Waals surface area contributed by atoms with Gasteiger partial charge < -0.3 is 19.7 Å². The van der Waals surface area contributed by atoms with Gasteiger partial charge in [0.25, 0.3) is 0 Å². The van der Waals surface area contributed by atoms with Crippen LogP contribution in [0.3, 0.4) is 0 Å². The fourth-order valence-corrected chi connectivity index (χ4v) is 3.19. The number of esters is 1. The van der Waals surface area contributed by atoms with E-state index in [9.17, 15) is 4.79 Å². The quantitative estimate of drug-likeness (QED) is 0.451. The molecule has 1 aromatic carbocycles. The van der Waals surface area contributed by atoms with E-state index >= 15 is 0 Å². The molecule has 1 aromatic rings. The van der Waals surface area contributed by atoms with Crippen LogP contribution in [0.5, 0.6) is 0 Å². The molecule has 1 N–H and O–H groups in total. The van der Waals surface area contributed by atoms with E-state index in [2.05, 4.69) is 39.5 Å². The average molecular weight is 376 g/mol. The number of nitrogens with zero attached hydrogens (tertiary/aromatic N) is 2. The molecule has 1 saturated heterocycles. The van der Waals surface area contributed by atoms with Crippen molar-refractivity contribution in [3.05, 3.63) is 35.4 Å². The molecular formula is C21H33N3O3. The summed E-state index contributed by atoms with van der Waals surface area (Å²) in [5.41, 5.74) is 2.37. The third-order valence-electron chi connectivity index (χ3n) is 4.65. The summed E-state index contributed by atoms with van der Waals surface area (Å²) in [5.74, 6) is 0.818. The molecule has 0 spiro atoms. The fraction of sp³-hybridized carbons (Fsp3) is 0.619. The van der Waals surface area contributed by atoms with E-state index in [1.54, 1.807) is 7.05 Å². The Balaban J connectivity index is 1.84. The minimum Gasteiger partial charge on any atom is -0.466 e. The Bertz CT molecular complexity index is 623. The van der Waals surface area contributed by atoms with Crippen molar-refractivity contribution in [3.63, 3.8) is 0 Å². The van der Waals surface area contributed by atoms with Crippen LogP contribution in [0.1, 0.15) is 44.7 Å². The van der Waals surface area contributed by atoms with Crippen LogP contribution in [-0.4, -0.2) is 49.7 Å². The van der Waals surface area contributed by atoms with Crippen molar-refractivity contribution in [2.75, 3.05) is 26.7 Å². The molecule has 0 saturated carbocycles. The molecule has 2 rings (SSSR count). The Labute approximate surface area is 162 Å². The van der Waals surface area contributed by atoms with Gasteiger partial charge in [-0.1, -0.05) is 24.3 Å². The minimum atomic E-state index is -0.0690. The molecule has 0 unspecified atom stereocenters. The molecule has 0 amide bonds. The number of hydrogen-bond acceptors (Lipinski definition) is 4. The maximum absolute atomic E-state index is 11.9. The monoisotopic (exact) mass is 375 g/mol. The van der Waals surface area contributed by atoms with E-state index in [4.69, 9.17) is 9.47 Å². The van der Waals surface area contributed by atoms with Crippen molar-refractivity contribution < 1.29 is 14.3 Å². The third kappa shape index (κ3) is 6.86. The molecule has 1 aliphatic rings. The number of piperidine rings is 1. The van der Waals surface area contributed by atoms with E-state index in [-0.39, 0.29) is 18.0 Å². The van der Waals surface area contributed by atoms with Gasteiger partial charge in [0, 0.05) is 26.7 Å². The number of carbonyl (C=O) groups is 1. The lowest BCUT2D eigenvalue weighted by atomic mass is 9.97. The zero-order valence-electron chi connectivity index (χ0n) is 17.0. The van der Waals surface area contributed by atoms with Crippen LogP contribution in [0.25, 0.3) is 0 Å². The maximum Gasteiger partial charge on any atom is 0.309 e. The summed E-state index contributed by atoms with van der Waals surface area (Å²) in [6, 6.07) is 8.41. The highest BCUT2D eigenvalue weighted by Crippen LogP contribution is 2.19. The standard InChI is InChI=1S/C21H33N3O3/c1-5-26-20(25)19-9-11-24(12-10-19)21(22-4)23-14-17-7-6-8-18(13-17)15-27-16(2)3/h6-8,13,16,19H,5,9-12,14-15H2,1-4H3,(H,22,23). The molecule has 1 fully saturated rings. The average Bonchev–Trinajstić information content (AvgIpc) is 2.68. The summed E-state index contributed by atoms with van der Waals surface area (Å²) in [6.45, 7) is 9.34. The fourth-order valence-electron chi connectivity index (χ4n) is 3.19. The number of guanidine groups is 1. The Kier molecular flexibility index (Phi) is 8.58. The smallest absolute Gasteiger partial charge is 0.309 e. The van der Waals surface area contributed by atoms with Crippen LogP contribution in [0.4, 0.5) is 0 Å². The summed E-state index contributed by atoms with van der Waals surface area (Å²) in [6.07, 6.45) is 1.84. The molecule has 0 atom stereocenters. The molecule has 6 nitrogen and oxygen atoms in total. The van der Waals surface area contributed by atoms with Gasteiger partial charge >= 0.3 is 5.97 Å². The van der Waals surface area contributed by atoms with Crippen molar-refractivity contribution in [2.45, 2.75) is 52.9 Å². The SMILES string of the molecule is CCOC(=O)C1CCN(C(=NC)NCc2cccc(COC(C)C)c2)CC1. The number of aliphatic imine (C=N–C) groups is 1. The Morgan fingerprint density at radius 2 is 2.00 bits per heavy atom. The summed E-state index contributed by atoms with van der Waals surface area (Å²) >= 11 is 0. The van der Waals surface area contributed by atoms with Gasteiger partial charge in [-0.25, -0.2) is 0 Å². The maximum atomic E-state index is 11.9. The van der Waals surface area contributed by atoms with Gasteiger partial charge in [0.15, 0.2) is 5.96 Å². The van der Waals surface area contributed by atoms with Crippen molar-refractivity contribution in [3.8, 4) is 0 Å². The van der Waals surface area contributed by atoms with Crippen LogP contribution in [0.2, 0.25) is 0 Å². The number of likely N-dealkylation sites (tertiary alicyclic amines) is 1. The first-order valence-corrected chi connectivity index (χ1v) is 9.85. The second kappa shape index (κ2) is 10.9. The number of ether oxygens (including phenoxy) is 2. The number of carbonyl (C=O) groups excluding carboxylic acids is 1. The lowest BCUT2D eigenvalue weighted by Gasteiger charge is -2.33. The van der Waals surface area contributed by atoms with E-state index < -0.39 is 0 Å². The molecule has 27 heavy (non-hydrogen) atoms. The van der Waals surface area contributed by atoms with Crippen LogP contribution in [0.15, 0.2) is 29.3 Å². The van der Waals surface area contributed by atoms with E-state index in [0.717, 1.165) is 31.9 Å². The van der Waals surface area contributed by atoms with Gasteiger partial charge in [0.05, 0.1) is 25.2 Å². The molecular weight excluding hydrogens is 342 g/mol. The third-order valence-corrected chi connectivity index (χ3v) is 4.65. The number of hydrogen-bond donors (Lipinski definition) is 1. The zero-order valence-corrected chi connectivity index (χ0v) is 17.0. The number of benzene rings is 1. The van der Waals surface area contributed by atoms with Gasteiger partial charge in [-0.05, 0) is 44.7 Å². The molecule has 0 aromatic heterocycles. The second-order valence-electron chi connectivity index (χ2n) is 7.09. The van der Waals surface area contributed by atoms with E-state index in [1.165, 1.54) is 11.1 Å². The topological polar surface area (TPSA) is 63.2 Å². The highest BCUT2D eigenvalue weighted by molar-refractivity contribution is 5.80. The van der Waals surface area contributed by atoms with Gasteiger partial charge in [-0.3, -0.25) is 9.79 Å². The molecule has 1 heterocycles. The zero-order chi connectivity index (χ0) is 19.6. The summed E-state index contributed by atoms with van der Waals surface area (Å²) in [5, 5.41) is 3.44. The first-order valence-electron chi connectivity index (χ1n) is 9.85. The summed E-state index contributed by atoms with van der Waals surface area (Å²) < 4.78 is 10.8. The highest BCUT2D eigenvalue weighted by atomic mass is 16.5. The molecule has 6 heteroatoms. The highest BCUT2D eigenvalue weighted by Gasteiger charge is 2.27. The van der Waals surface area contributed by atoms with Crippen LogP contribution in [-0.2, 0) is 27.4 Å². The predicted molar refractivity (Wildman–Crippen MR) is 107 cm³/mol. The van der Waals surface area contributed by atoms with E-state index in [1.807, 2.05) is 20.8 Å². The van der Waals surface area contributed by atoms with Crippen molar-refractivity contribution in [2.24, 2.45) is 10.9 Å². The van der Waals surface area contributed by atoms with Crippen LogP contribution < -0.4 is 5.32 Å². The summed E-state index contributed by atoms with van der Waals surface area (Å²) in [4.78, 5) is 18.5. The molecule has 0 aliphatic carbocycles. The van der Waals surface area contributed by atoms with Crippen LogP contribution in [0, 0.1) is 5.92 Å². The molecule has 150 valence electrons. The number of nitrogens with one attached hydrogen (secondary N) is 1. The van der Waals surface area contributed by atoms with Crippen molar-refractivity contribution >= 4 is 11.9 Å². The first kappa shape index (κ1) is 21.2. The van der Waals surface area contributed by atoms with Gasteiger partial charge in [0.2, 0.25) is 0 Å². The minimum absolute atomic E-state index is 0.0111. The number of rotatable bonds is 7. The molecule has 0 radical (unpaired) electrons.